The van der Waals surface area contributed by atoms with E-state index in [1.165, 1.54) is 17.4 Å². The molecule has 12 nitrogen and oxygen atoms in total. The standard InChI is InChI=1S/C33H24N6O6S2.2Na/c1-19-2-16-28-30(31(19)47(43,44)45)46-32(34-28)22-7-13-25(14-8-22)38-39-37-24-11-5-21(6-12-24)20-3-9-23(10-4-20)35-36-26-15-17-29(40)27(18-26)33(41)42;;/h2-18,40H,1H3,(H,37,38)(H,41,42)(H,43,44,45);;/q;2*+1/p-2. The maximum absolute atomic E-state index is 11.9. The number of nitrogens with zero attached hydrogens (tertiary/aromatic N) is 5. The van der Waals surface area contributed by atoms with Crippen LogP contribution in [-0.2, 0) is 10.1 Å². The quantitative estimate of drug-likeness (QED) is 0.0968. The Morgan fingerprint density at radius 2 is 1.33 bits per heavy atom. The van der Waals surface area contributed by atoms with Crippen molar-refractivity contribution in [2.75, 3.05) is 5.43 Å². The van der Waals surface area contributed by atoms with E-state index in [9.17, 15) is 28.0 Å². The number of rotatable bonds is 9. The number of nitrogens with one attached hydrogen (secondary N) is 1. The Morgan fingerprint density at radius 1 is 0.776 bits per heavy atom. The second-order valence-corrected chi connectivity index (χ2v) is 12.6. The van der Waals surface area contributed by atoms with E-state index in [2.05, 4.69) is 31.0 Å². The van der Waals surface area contributed by atoms with Gasteiger partial charge in [-0.25, -0.2) is 4.98 Å². The summed E-state index contributed by atoms with van der Waals surface area (Å²) in [6.45, 7) is 1.63. The van der Waals surface area contributed by atoms with E-state index in [0.717, 1.165) is 34.5 Å². The monoisotopic (exact) mass is 708 g/mol. The van der Waals surface area contributed by atoms with Gasteiger partial charge in [0.1, 0.15) is 9.90 Å². The third-order valence-electron chi connectivity index (χ3n) is 6.98. The molecule has 16 heteroatoms. The minimum Gasteiger partial charge on any atom is -0.872 e. The predicted octanol–water partition coefficient (Wildman–Crippen LogP) is 1.16. The Labute approximate surface area is 329 Å². The fraction of sp³-hybridized carbons (Fsp3) is 0.0303. The molecule has 49 heavy (non-hydrogen) atoms. The number of aromatic carboxylic acids is 1. The SMILES string of the molecule is Cc1ccc2nc(-c3ccc(N=NNc4ccc(-c5ccc(N=Nc6ccc([O-])c(C(=O)[O-])c6)cc5)cc4)cc3)sc2c1S(=O)(=O)O.[Na+].[Na+]. The smallest absolute Gasteiger partial charge is 0.872 e. The number of carboxylic acids is 1. The molecule has 0 aliphatic heterocycles. The number of carbonyl (C=O) groups is 1. The second-order valence-electron chi connectivity index (χ2n) is 10.2. The molecule has 0 amide bonds. The Morgan fingerprint density at radius 3 is 1.94 bits per heavy atom. The molecule has 6 aromatic rings. The van der Waals surface area contributed by atoms with Crippen LogP contribution in [-0.4, -0.2) is 23.9 Å². The van der Waals surface area contributed by atoms with Crippen LogP contribution in [0.1, 0.15) is 15.9 Å². The Bertz CT molecular complexity index is 2300. The van der Waals surface area contributed by atoms with E-state index in [1.807, 2.05) is 48.5 Å². The summed E-state index contributed by atoms with van der Waals surface area (Å²) in [6.07, 6.45) is 0. The molecule has 1 heterocycles. The molecule has 0 saturated heterocycles. The van der Waals surface area contributed by atoms with Crippen LogP contribution >= 0.6 is 11.3 Å². The number of fused-ring (bicyclic) bond motifs is 1. The molecule has 0 atom stereocenters. The van der Waals surface area contributed by atoms with Gasteiger partial charge in [0.25, 0.3) is 10.1 Å². The molecule has 234 valence electrons. The number of thiazole rings is 1. The van der Waals surface area contributed by atoms with Crippen molar-refractivity contribution in [2.24, 2.45) is 20.6 Å². The molecule has 0 spiro atoms. The van der Waals surface area contributed by atoms with Crippen LogP contribution in [0.25, 0.3) is 31.9 Å². The molecule has 0 fully saturated rings. The molecule has 0 radical (unpaired) electrons. The zero-order valence-corrected chi connectivity index (χ0v) is 32.0. The number of hydrogen-bond acceptors (Lipinski definition) is 11. The van der Waals surface area contributed by atoms with Crippen LogP contribution in [0, 0.1) is 6.92 Å². The van der Waals surface area contributed by atoms with Gasteiger partial charge in [0.05, 0.1) is 38.9 Å². The number of carboxylic acid groups (broad SMARTS) is 1. The van der Waals surface area contributed by atoms with Crippen molar-refractivity contribution in [3.63, 3.8) is 0 Å². The van der Waals surface area contributed by atoms with E-state index in [1.54, 1.807) is 43.3 Å². The normalized spacial score (nSPS) is 11.4. The zero-order chi connectivity index (χ0) is 33.1. The minimum absolute atomic E-state index is 0. The average Bonchev–Trinajstić information content (AvgIpc) is 3.48. The summed E-state index contributed by atoms with van der Waals surface area (Å²) in [7, 11) is -4.39. The van der Waals surface area contributed by atoms with Crippen molar-refractivity contribution in [3.05, 3.63) is 114 Å². The number of azo groups is 1. The van der Waals surface area contributed by atoms with Crippen LogP contribution in [0.2, 0.25) is 0 Å². The fourth-order valence-electron chi connectivity index (χ4n) is 4.63. The Hall–Kier alpha value is -3.83. The molecular formula is C33H22N6Na2O6S2. The molecule has 0 bridgehead atoms. The Kier molecular flexibility index (Phi) is 12.6. The van der Waals surface area contributed by atoms with Crippen molar-refractivity contribution in [2.45, 2.75) is 11.8 Å². The minimum atomic E-state index is -4.39. The summed E-state index contributed by atoms with van der Waals surface area (Å²) < 4.78 is 33.9. The number of aryl methyl sites for hydroxylation is 1. The van der Waals surface area contributed by atoms with Crippen molar-refractivity contribution in [1.29, 1.82) is 0 Å². The summed E-state index contributed by atoms with van der Waals surface area (Å²) in [4.78, 5) is 15.5. The summed E-state index contributed by atoms with van der Waals surface area (Å²) in [5.41, 5.74) is 8.10. The molecule has 2 N–H and O–H groups in total. The van der Waals surface area contributed by atoms with Crippen molar-refractivity contribution in [1.82, 2.24) is 4.98 Å². The predicted molar refractivity (Wildman–Crippen MR) is 174 cm³/mol. The molecule has 0 aliphatic rings. The second kappa shape index (κ2) is 16.3. The first-order valence-corrected chi connectivity index (χ1v) is 16.1. The summed E-state index contributed by atoms with van der Waals surface area (Å²) in [5.74, 6) is -2.21. The topological polar surface area (TPSA) is 192 Å². The third-order valence-corrected chi connectivity index (χ3v) is 9.28. The molecule has 0 unspecified atom stereocenters. The summed E-state index contributed by atoms with van der Waals surface area (Å²) >= 11 is 1.19. The maximum atomic E-state index is 11.9. The van der Waals surface area contributed by atoms with E-state index < -0.39 is 27.4 Å². The van der Waals surface area contributed by atoms with Gasteiger partial charge in [-0.2, -0.15) is 18.6 Å². The van der Waals surface area contributed by atoms with Gasteiger partial charge in [0.15, 0.2) is 0 Å². The molecule has 0 aliphatic carbocycles. The summed E-state index contributed by atoms with van der Waals surface area (Å²) in [5, 5.41) is 39.6. The van der Waals surface area contributed by atoms with E-state index in [0.29, 0.717) is 32.2 Å². The third kappa shape index (κ3) is 9.05. The van der Waals surface area contributed by atoms with Gasteiger partial charge >= 0.3 is 59.1 Å². The molecule has 1 aromatic heterocycles. The van der Waals surface area contributed by atoms with Crippen molar-refractivity contribution < 1.29 is 87.1 Å². The molecule has 6 rings (SSSR count). The first kappa shape index (κ1) is 38.0. The van der Waals surface area contributed by atoms with Gasteiger partial charge in [-0.1, -0.05) is 47.4 Å². The largest absolute Gasteiger partial charge is 1.00 e. The first-order valence-electron chi connectivity index (χ1n) is 13.8. The zero-order valence-electron chi connectivity index (χ0n) is 26.4. The molecule has 0 saturated carbocycles. The number of carbonyl (C=O) groups excluding carboxylic acids is 1. The van der Waals surface area contributed by atoms with Crippen LogP contribution < -0.4 is 74.8 Å². The van der Waals surface area contributed by atoms with Gasteiger partial charge in [0.2, 0.25) is 0 Å². The number of hydrogen-bond donors (Lipinski definition) is 2. The average molecular weight is 709 g/mol. The fourth-order valence-corrected chi connectivity index (χ4v) is 6.95. The summed E-state index contributed by atoms with van der Waals surface area (Å²) in [6, 6.07) is 28.9. The van der Waals surface area contributed by atoms with Crippen LogP contribution in [0.5, 0.6) is 5.75 Å². The maximum Gasteiger partial charge on any atom is 1.00 e. The number of anilines is 1. The van der Waals surface area contributed by atoms with Crippen molar-refractivity contribution in [3.8, 4) is 27.4 Å². The van der Waals surface area contributed by atoms with Gasteiger partial charge in [-0.3, -0.25) is 9.98 Å². The Balaban J connectivity index is 0.00000270. The van der Waals surface area contributed by atoms with E-state index >= 15 is 0 Å². The van der Waals surface area contributed by atoms with Gasteiger partial charge in [-0.05, 0) is 95.9 Å². The number of benzene rings is 5. The van der Waals surface area contributed by atoms with Gasteiger partial charge < -0.3 is 15.0 Å². The van der Waals surface area contributed by atoms with Crippen LogP contribution in [0.3, 0.4) is 0 Å². The first-order chi connectivity index (χ1) is 22.5. The van der Waals surface area contributed by atoms with E-state index in [-0.39, 0.29) is 69.7 Å². The van der Waals surface area contributed by atoms with Crippen molar-refractivity contribution >= 4 is 60.4 Å². The van der Waals surface area contributed by atoms with E-state index in [4.69, 9.17) is 0 Å². The van der Waals surface area contributed by atoms with Crippen LogP contribution in [0.15, 0.2) is 129 Å². The van der Waals surface area contributed by atoms with Gasteiger partial charge in [-0.15, -0.1) is 16.5 Å². The van der Waals surface area contributed by atoms with Gasteiger partial charge in [0, 0.05) is 5.56 Å². The number of aromatic nitrogens is 1. The molecular weight excluding hydrogens is 687 g/mol. The van der Waals surface area contributed by atoms with Crippen LogP contribution in [0.4, 0.5) is 22.7 Å². The molecule has 5 aromatic carbocycles.